The molecule has 0 atom stereocenters. The van der Waals surface area contributed by atoms with Crippen LogP contribution in [0.2, 0.25) is 0 Å². The first kappa shape index (κ1) is 20.9. The van der Waals surface area contributed by atoms with Crippen molar-refractivity contribution in [1.82, 2.24) is 5.32 Å². The summed E-state index contributed by atoms with van der Waals surface area (Å²) in [4.78, 5) is 22.9. The van der Waals surface area contributed by atoms with Crippen molar-refractivity contribution in [3.8, 4) is 22.6 Å². The lowest BCUT2D eigenvalue weighted by Crippen LogP contribution is -2.30. The van der Waals surface area contributed by atoms with Crippen molar-refractivity contribution in [1.29, 1.82) is 0 Å². The molecule has 3 rings (SSSR count). The van der Waals surface area contributed by atoms with Gasteiger partial charge < -0.3 is 14.8 Å². The molecule has 30 heavy (non-hydrogen) atoms. The number of methoxy groups -OCH3 is 1. The number of rotatable bonds is 9. The lowest BCUT2D eigenvalue weighted by Gasteiger charge is -2.12. The van der Waals surface area contributed by atoms with Crippen molar-refractivity contribution < 1.29 is 19.2 Å². The van der Waals surface area contributed by atoms with E-state index in [1.807, 2.05) is 30.3 Å². The number of amides is 1. The number of hydrogen-bond donors (Lipinski definition) is 1. The second-order valence-electron chi connectivity index (χ2n) is 6.54. The molecule has 0 saturated heterocycles. The maximum atomic E-state index is 12.2. The SMILES string of the molecule is COc1ccc(-c2cc([N+](=O)[O-])ccc2OCC(=O)NCCc2ccccc2)cc1. The lowest BCUT2D eigenvalue weighted by molar-refractivity contribution is -0.384. The summed E-state index contributed by atoms with van der Waals surface area (Å²) >= 11 is 0. The van der Waals surface area contributed by atoms with E-state index in [-0.39, 0.29) is 18.2 Å². The number of nitro groups is 1. The van der Waals surface area contributed by atoms with Gasteiger partial charge in [0.1, 0.15) is 11.5 Å². The molecule has 0 aliphatic rings. The van der Waals surface area contributed by atoms with Crippen molar-refractivity contribution in [2.24, 2.45) is 0 Å². The highest BCUT2D eigenvalue weighted by atomic mass is 16.6. The van der Waals surface area contributed by atoms with Crippen LogP contribution in [-0.2, 0) is 11.2 Å². The van der Waals surface area contributed by atoms with Gasteiger partial charge in [-0.1, -0.05) is 42.5 Å². The summed E-state index contributed by atoms with van der Waals surface area (Å²) in [5.41, 5.74) is 2.33. The number of ether oxygens (including phenoxy) is 2. The smallest absolute Gasteiger partial charge is 0.270 e. The summed E-state index contributed by atoms with van der Waals surface area (Å²) in [6.45, 7) is 0.313. The zero-order valence-corrected chi connectivity index (χ0v) is 16.5. The Morgan fingerprint density at radius 3 is 2.43 bits per heavy atom. The summed E-state index contributed by atoms with van der Waals surface area (Å²) in [6, 6.07) is 21.2. The van der Waals surface area contributed by atoms with E-state index in [1.54, 1.807) is 31.4 Å². The first-order valence-corrected chi connectivity index (χ1v) is 9.43. The zero-order valence-electron chi connectivity index (χ0n) is 16.5. The Bertz CT molecular complexity index is 1000. The van der Waals surface area contributed by atoms with Crippen molar-refractivity contribution in [3.63, 3.8) is 0 Å². The first-order valence-electron chi connectivity index (χ1n) is 9.43. The minimum absolute atomic E-state index is 0.0551. The fourth-order valence-corrected chi connectivity index (χ4v) is 2.94. The van der Waals surface area contributed by atoms with E-state index >= 15 is 0 Å². The molecule has 0 radical (unpaired) electrons. The van der Waals surface area contributed by atoms with Crippen molar-refractivity contribution >= 4 is 11.6 Å². The predicted molar refractivity (Wildman–Crippen MR) is 114 cm³/mol. The molecule has 0 heterocycles. The quantitative estimate of drug-likeness (QED) is 0.428. The number of carbonyl (C=O) groups is 1. The highest BCUT2D eigenvalue weighted by Gasteiger charge is 2.15. The topological polar surface area (TPSA) is 90.7 Å². The highest BCUT2D eigenvalue weighted by molar-refractivity contribution is 5.78. The maximum Gasteiger partial charge on any atom is 0.270 e. The van der Waals surface area contributed by atoms with Crippen LogP contribution in [0.25, 0.3) is 11.1 Å². The van der Waals surface area contributed by atoms with Crippen LogP contribution in [0.15, 0.2) is 72.8 Å². The maximum absolute atomic E-state index is 12.2. The first-order chi connectivity index (χ1) is 14.6. The van der Waals surface area contributed by atoms with Gasteiger partial charge in [0.2, 0.25) is 0 Å². The molecule has 7 nitrogen and oxygen atoms in total. The van der Waals surface area contributed by atoms with E-state index < -0.39 is 4.92 Å². The van der Waals surface area contributed by atoms with Gasteiger partial charge in [0, 0.05) is 24.2 Å². The number of carbonyl (C=O) groups excluding carboxylic acids is 1. The predicted octanol–water partition coefficient (Wildman–Crippen LogP) is 4.01. The van der Waals surface area contributed by atoms with E-state index in [2.05, 4.69) is 5.32 Å². The summed E-state index contributed by atoms with van der Waals surface area (Å²) < 4.78 is 10.8. The van der Waals surface area contributed by atoms with Crippen LogP contribution >= 0.6 is 0 Å². The number of non-ortho nitro benzene ring substituents is 1. The Kier molecular flexibility index (Phi) is 7.00. The molecule has 0 unspecified atom stereocenters. The van der Waals surface area contributed by atoms with E-state index in [0.29, 0.717) is 23.6 Å². The summed E-state index contributed by atoms with van der Waals surface area (Å²) in [5, 5.41) is 14.0. The summed E-state index contributed by atoms with van der Waals surface area (Å²) in [6.07, 6.45) is 0.723. The standard InChI is InChI=1S/C23H22N2O5/c1-29-20-10-7-18(8-11-20)21-15-19(25(27)28)9-12-22(21)30-16-23(26)24-14-13-17-5-3-2-4-6-17/h2-12,15H,13-14,16H2,1H3,(H,24,26). The molecular weight excluding hydrogens is 384 g/mol. The minimum atomic E-state index is -0.465. The number of nitrogens with one attached hydrogen (secondary N) is 1. The molecule has 3 aromatic rings. The molecule has 0 aliphatic heterocycles. The molecule has 1 amide bonds. The van der Waals surface area contributed by atoms with Gasteiger partial charge in [-0.25, -0.2) is 0 Å². The van der Waals surface area contributed by atoms with Crippen LogP contribution in [0.1, 0.15) is 5.56 Å². The van der Waals surface area contributed by atoms with E-state index in [9.17, 15) is 14.9 Å². The lowest BCUT2D eigenvalue weighted by atomic mass is 10.0. The van der Waals surface area contributed by atoms with Crippen LogP contribution in [0.3, 0.4) is 0 Å². The van der Waals surface area contributed by atoms with E-state index in [0.717, 1.165) is 17.5 Å². The zero-order chi connectivity index (χ0) is 21.3. The molecule has 0 aromatic heterocycles. The Balaban J connectivity index is 1.66. The van der Waals surface area contributed by atoms with Gasteiger partial charge >= 0.3 is 0 Å². The molecule has 3 aromatic carbocycles. The van der Waals surface area contributed by atoms with Crippen LogP contribution in [-0.4, -0.2) is 31.1 Å². The summed E-state index contributed by atoms with van der Waals surface area (Å²) in [7, 11) is 1.56. The average molecular weight is 406 g/mol. The normalized spacial score (nSPS) is 10.3. The number of nitrogens with zero attached hydrogens (tertiary/aromatic N) is 1. The molecule has 7 heteroatoms. The van der Waals surface area contributed by atoms with E-state index in [4.69, 9.17) is 9.47 Å². The third-order valence-electron chi connectivity index (χ3n) is 4.51. The van der Waals surface area contributed by atoms with Crippen LogP contribution < -0.4 is 14.8 Å². The van der Waals surface area contributed by atoms with Crippen LogP contribution in [0, 0.1) is 10.1 Å². The molecule has 0 bridgehead atoms. The Labute approximate surface area is 174 Å². The Hall–Kier alpha value is -3.87. The second kappa shape index (κ2) is 10.1. The van der Waals surface area contributed by atoms with Crippen molar-refractivity contribution in [2.75, 3.05) is 20.3 Å². The van der Waals surface area contributed by atoms with Crippen LogP contribution in [0.4, 0.5) is 5.69 Å². The molecule has 0 aliphatic carbocycles. The van der Waals surface area contributed by atoms with Gasteiger partial charge in [0.15, 0.2) is 6.61 Å². The molecule has 0 saturated carbocycles. The van der Waals surface area contributed by atoms with Gasteiger partial charge in [-0.3, -0.25) is 14.9 Å². The van der Waals surface area contributed by atoms with Gasteiger partial charge in [-0.2, -0.15) is 0 Å². The third-order valence-corrected chi connectivity index (χ3v) is 4.51. The molecule has 154 valence electrons. The number of benzene rings is 3. The second-order valence-corrected chi connectivity index (χ2v) is 6.54. The van der Waals surface area contributed by atoms with Crippen molar-refractivity contribution in [3.05, 3.63) is 88.5 Å². The fourth-order valence-electron chi connectivity index (χ4n) is 2.94. The number of hydrogen-bond acceptors (Lipinski definition) is 5. The van der Waals surface area contributed by atoms with Crippen LogP contribution in [0.5, 0.6) is 11.5 Å². The Morgan fingerprint density at radius 1 is 1.03 bits per heavy atom. The average Bonchev–Trinajstić information content (AvgIpc) is 2.78. The number of nitro benzene ring substituents is 1. The third kappa shape index (κ3) is 5.57. The monoisotopic (exact) mass is 406 g/mol. The highest BCUT2D eigenvalue weighted by Crippen LogP contribution is 2.34. The minimum Gasteiger partial charge on any atom is -0.497 e. The fraction of sp³-hybridized carbons (Fsp3) is 0.174. The largest absolute Gasteiger partial charge is 0.497 e. The summed E-state index contributed by atoms with van der Waals surface area (Å²) in [5.74, 6) is 0.804. The van der Waals surface area contributed by atoms with Gasteiger partial charge in [-0.05, 0) is 35.7 Å². The molecule has 1 N–H and O–H groups in total. The van der Waals surface area contributed by atoms with E-state index in [1.165, 1.54) is 18.2 Å². The van der Waals surface area contributed by atoms with Gasteiger partial charge in [-0.15, -0.1) is 0 Å². The Morgan fingerprint density at radius 2 is 1.77 bits per heavy atom. The van der Waals surface area contributed by atoms with Crippen molar-refractivity contribution in [2.45, 2.75) is 6.42 Å². The molecule has 0 spiro atoms. The molecule has 0 fully saturated rings. The molecular formula is C23H22N2O5. The van der Waals surface area contributed by atoms with Gasteiger partial charge in [0.05, 0.1) is 12.0 Å². The van der Waals surface area contributed by atoms with Gasteiger partial charge in [0.25, 0.3) is 11.6 Å².